The minimum Gasteiger partial charge on any atom is -0.480 e. The molecule has 5 nitrogen and oxygen atoms in total. The largest absolute Gasteiger partial charge is 0.480 e. The summed E-state index contributed by atoms with van der Waals surface area (Å²) >= 11 is 7.66. The third-order valence-electron chi connectivity index (χ3n) is 2.78. The predicted octanol–water partition coefficient (Wildman–Crippen LogP) is 1.27. The summed E-state index contributed by atoms with van der Waals surface area (Å²) in [6, 6.07) is -0.461. The summed E-state index contributed by atoms with van der Waals surface area (Å²) in [7, 11) is 0. The summed E-state index contributed by atoms with van der Waals surface area (Å²) in [4.78, 5) is 10.8. The second kappa shape index (κ2) is 4.88. The fourth-order valence-corrected chi connectivity index (χ4v) is 3.10. The maximum Gasteiger partial charge on any atom is 0.321 e. The highest BCUT2D eigenvalue weighted by Gasteiger charge is 2.30. The van der Waals surface area contributed by atoms with E-state index in [1.807, 2.05) is 18.5 Å². The molecular weight excluding hydrogens is 262 g/mol. The van der Waals surface area contributed by atoms with Crippen molar-refractivity contribution in [2.24, 2.45) is 0 Å². The Kier molecular flexibility index (Phi) is 3.65. The van der Waals surface area contributed by atoms with Crippen LogP contribution in [0, 0.1) is 13.8 Å². The minimum absolute atomic E-state index is 0.0742. The molecule has 0 unspecified atom stereocenters. The number of nitrogens with zero attached hydrogens (tertiary/aromatic N) is 2. The monoisotopic (exact) mass is 275 g/mol. The number of thioether (sulfide) groups is 1. The molecule has 0 spiro atoms. The lowest BCUT2D eigenvalue weighted by atomic mass is 10.3. The molecule has 0 bridgehead atoms. The molecule has 2 N–H and O–H groups in total. The first-order chi connectivity index (χ1) is 7.99. The van der Waals surface area contributed by atoms with Crippen LogP contribution >= 0.6 is 23.4 Å². The highest BCUT2D eigenvalue weighted by molar-refractivity contribution is 8.00. The van der Waals surface area contributed by atoms with Crippen molar-refractivity contribution in [3.05, 3.63) is 16.4 Å². The lowest BCUT2D eigenvalue weighted by Crippen LogP contribution is -2.38. The van der Waals surface area contributed by atoms with E-state index in [4.69, 9.17) is 16.7 Å². The maximum atomic E-state index is 10.8. The Hall–Kier alpha value is -0.720. The molecule has 1 fully saturated rings. The molecule has 1 saturated heterocycles. The molecule has 94 valence electrons. The van der Waals surface area contributed by atoms with E-state index in [0.29, 0.717) is 17.3 Å². The number of carboxylic acid groups (broad SMARTS) is 1. The Morgan fingerprint density at radius 3 is 2.88 bits per heavy atom. The molecule has 1 aromatic heterocycles. The van der Waals surface area contributed by atoms with Gasteiger partial charge in [0, 0.05) is 5.75 Å². The Balaban J connectivity index is 2.03. The van der Waals surface area contributed by atoms with Crippen molar-refractivity contribution in [1.29, 1.82) is 0 Å². The lowest BCUT2D eigenvalue weighted by molar-refractivity contribution is -0.138. The summed E-state index contributed by atoms with van der Waals surface area (Å²) in [6.45, 7) is 4.41. The van der Waals surface area contributed by atoms with E-state index < -0.39 is 12.0 Å². The van der Waals surface area contributed by atoms with Crippen LogP contribution in [-0.2, 0) is 11.3 Å². The van der Waals surface area contributed by atoms with Gasteiger partial charge >= 0.3 is 5.97 Å². The van der Waals surface area contributed by atoms with E-state index in [-0.39, 0.29) is 5.37 Å². The Labute approximate surface area is 109 Å². The number of hydrogen-bond acceptors (Lipinski definition) is 4. The van der Waals surface area contributed by atoms with E-state index in [0.717, 1.165) is 11.4 Å². The summed E-state index contributed by atoms with van der Waals surface area (Å²) < 4.78 is 1.83. The van der Waals surface area contributed by atoms with Gasteiger partial charge in [-0.25, -0.2) is 0 Å². The van der Waals surface area contributed by atoms with Crippen LogP contribution < -0.4 is 5.32 Å². The zero-order valence-electron chi connectivity index (χ0n) is 9.61. The van der Waals surface area contributed by atoms with E-state index in [2.05, 4.69) is 10.4 Å². The molecule has 1 aliphatic heterocycles. The van der Waals surface area contributed by atoms with Crippen molar-refractivity contribution in [3.8, 4) is 0 Å². The van der Waals surface area contributed by atoms with Crippen LogP contribution in [0.1, 0.15) is 11.4 Å². The molecule has 0 amide bonds. The Morgan fingerprint density at radius 1 is 1.71 bits per heavy atom. The van der Waals surface area contributed by atoms with Crippen LogP contribution in [0.15, 0.2) is 0 Å². The van der Waals surface area contributed by atoms with Crippen molar-refractivity contribution in [1.82, 2.24) is 15.1 Å². The molecule has 1 aliphatic rings. The number of halogens is 1. The molecule has 7 heteroatoms. The zero-order chi connectivity index (χ0) is 12.6. The van der Waals surface area contributed by atoms with E-state index >= 15 is 0 Å². The highest BCUT2D eigenvalue weighted by Crippen LogP contribution is 2.24. The number of rotatable bonds is 3. The normalized spacial score (nSPS) is 24.2. The van der Waals surface area contributed by atoms with Gasteiger partial charge in [0.1, 0.15) is 6.04 Å². The first-order valence-electron chi connectivity index (χ1n) is 5.29. The van der Waals surface area contributed by atoms with E-state index in [1.165, 1.54) is 0 Å². The topological polar surface area (TPSA) is 67.2 Å². The highest BCUT2D eigenvalue weighted by atomic mass is 35.5. The first kappa shape index (κ1) is 12.7. The molecule has 0 radical (unpaired) electrons. The fraction of sp³-hybridized carbons (Fsp3) is 0.600. The van der Waals surface area contributed by atoms with Crippen molar-refractivity contribution < 1.29 is 9.90 Å². The standard InChI is InChI=1S/C10H14ClN3O2S/c1-5-9(11)6(2)14(13-5)3-8-12-7(4-17-8)10(15)16/h7-8,12H,3-4H2,1-2H3,(H,15,16)/t7-,8+/m0/s1. The van der Waals surface area contributed by atoms with Crippen LogP contribution in [0.5, 0.6) is 0 Å². The van der Waals surface area contributed by atoms with Gasteiger partial charge in [-0.2, -0.15) is 5.10 Å². The van der Waals surface area contributed by atoms with Gasteiger partial charge in [0.15, 0.2) is 0 Å². The van der Waals surface area contributed by atoms with Crippen molar-refractivity contribution in [3.63, 3.8) is 0 Å². The van der Waals surface area contributed by atoms with Gasteiger partial charge in [-0.15, -0.1) is 11.8 Å². The van der Waals surface area contributed by atoms with Gasteiger partial charge in [0.2, 0.25) is 0 Å². The smallest absolute Gasteiger partial charge is 0.321 e. The van der Waals surface area contributed by atoms with Crippen LogP contribution in [0.3, 0.4) is 0 Å². The van der Waals surface area contributed by atoms with Gasteiger partial charge in [0.05, 0.1) is 28.3 Å². The minimum atomic E-state index is -0.800. The summed E-state index contributed by atoms with van der Waals surface area (Å²) in [5, 5.41) is 17.0. The van der Waals surface area contributed by atoms with Crippen molar-refractivity contribution in [2.45, 2.75) is 31.8 Å². The molecule has 2 atom stereocenters. The molecule has 0 aromatic carbocycles. The number of carboxylic acids is 1. The maximum absolute atomic E-state index is 10.8. The second-order valence-electron chi connectivity index (χ2n) is 4.05. The third kappa shape index (κ3) is 2.59. The van der Waals surface area contributed by atoms with Crippen LogP contribution in [0.25, 0.3) is 0 Å². The van der Waals surface area contributed by atoms with Crippen LogP contribution in [0.4, 0.5) is 0 Å². The van der Waals surface area contributed by atoms with Crippen molar-refractivity contribution in [2.75, 3.05) is 5.75 Å². The fourth-order valence-electron chi connectivity index (χ4n) is 1.79. The number of aryl methyl sites for hydroxylation is 1. The van der Waals surface area contributed by atoms with Gasteiger partial charge in [-0.05, 0) is 13.8 Å². The van der Waals surface area contributed by atoms with Crippen LogP contribution in [0.2, 0.25) is 5.02 Å². The second-order valence-corrected chi connectivity index (χ2v) is 5.66. The molecule has 17 heavy (non-hydrogen) atoms. The number of carbonyl (C=O) groups is 1. The number of aliphatic carboxylic acids is 1. The Morgan fingerprint density at radius 2 is 2.41 bits per heavy atom. The molecule has 0 saturated carbocycles. The first-order valence-corrected chi connectivity index (χ1v) is 6.71. The average molecular weight is 276 g/mol. The number of nitrogens with one attached hydrogen (secondary N) is 1. The van der Waals surface area contributed by atoms with Gasteiger partial charge in [0.25, 0.3) is 0 Å². The molecule has 2 rings (SSSR count). The van der Waals surface area contributed by atoms with Crippen molar-refractivity contribution >= 4 is 29.3 Å². The molecule has 0 aliphatic carbocycles. The van der Waals surface area contributed by atoms with Gasteiger partial charge < -0.3 is 5.11 Å². The third-order valence-corrected chi connectivity index (χ3v) is 4.54. The zero-order valence-corrected chi connectivity index (χ0v) is 11.2. The Bertz CT molecular complexity index is 449. The van der Waals surface area contributed by atoms with E-state index in [9.17, 15) is 4.79 Å². The summed E-state index contributed by atoms with van der Waals surface area (Å²) in [6.07, 6.45) is 0. The molecule has 2 heterocycles. The number of aromatic nitrogens is 2. The summed E-state index contributed by atoms with van der Waals surface area (Å²) in [5.41, 5.74) is 1.73. The van der Waals surface area contributed by atoms with Gasteiger partial charge in [-0.3, -0.25) is 14.8 Å². The van der Waals surface area contributed by atoms with Gasteiger partial charge in [-0.1, -0.05) is 11.6 Å². The SMILES string of the molecule is Cc1nn(C[C@@H]2N[C@H](C(=O)O)CS2)c(C)c1Cl. The number of hydrogen-bond donors (Lipinski definition) is 2. The quantitative estimate of drug-likeness (QED) is 0.870. The van der Waals surface area contributed by atoms with Crippen LogP contribution in [-0.4, -0.2) is 38.0 Å². The average Bonchev–Trinajstić information content (AvgIpc) is 2.82. The van der Waals surface area contributed by atoms with E-state index in [1.54, 1.807) is 11.8 Å². The molecule has 1 aromatic rings. The molecular formula is C10H14ClN3O2S. The predicted molar refractivity (Wildman–Crippen MR) is 67.5 cm³/mol. The summed E-state index contributed by atoms with van der Waals surface area (Å²) in [5.74, 6) is -0.209. The lowest BCUT2D eigenvalue weighted by Gasteiger charge is -2.12.